The molecule has 0 aliphatic rings. The standard InChI is InChI=1S/C13H9NO.Na/c15-13-9-5-1-3-7-11(9)14-12-8-4-2-6-10(12)13;/h1-8H,(H,14,15);. The summed E-state index contributed by atoms with van der Waals surface area (Å²) in [5.41, 5.74) is 1.88. The zero-order valence-corrected chi connectivity index (χ0v) is 11.0. The van der Waals surface area contributed by atoms with Gasteiger partial charge in [-0.3, -0.25) is 4.79 Å². The van der Waals surface area contributed by atoms with Gasteiger partial charge in [0.1, 0.15) is 0 Å². The fourth-order valence-electron chi connectivity index (χ4n) is 1.87. The number of aromatic amines is 1. The number of benzene rings is 2. The third kappa shape index (κ3) is 1.69. The molecule has 0 unspecified atom stereocenters. The number of hydrogen-bond donors (Lipinski definition) is 1. The Hall–Kier alpha value is -1.09. The van der Waals surface area contributed by atoms with Crippen LogP contribution in [0.5, 0.6) is 0 Å². The van der Waals surface area contributed by atoms with Gasteiger partial charge in [0.25, 0.3) is 0 Å². The van der Waals surface area contributed by atoms with E-state index in [0.717, 1.165) is 21.8 Å². The molecule has 0 fully saturated rings. The molecule has 0 spiro atoms. The van der Waals surface area contributed by atoms with Gasteiger partial charge in [-0.25, -0.2) is 0 Å². The number of nitrogens with one attached hydrogen (secondary N) is 1. The van der Waals surface area contributed by atoms with Crippen LogP contribution in [-0.4, -0.2) is 34.5 Å². The Kier molecular flexibility index (Phi) is 3.15. The van der Waals surface area contributed by atoms with Crippen LogP contribution in [0.1, 0.15) is 0 Å². The maximum absolute atomic E-state index is 12.1. The van der Waals surface area contributed by atoms with Crippen LogP contribution in [0, 0.1) is 0 Å². The number of rotatable bonds is 0. The molecule has 73 valence electrons. The van der Waals surface area contributed by atoms with E-state index in [-0.39, 0.29) is 35.0 Å². The molecule has 3 aromatic rings. The predicted molar refractivity (Wildman–Crippen MR) is 67.8 cm³/mol. The molecular weight excluding hydrogens is 209 g/mol. The van der Waals surface area contributed by atoms with Crippen molar-refractivity contribution < 1.29 is 0 Å². The Balaban J connectivity index is 0.000000963. The Labute approximate surface area is 115 Å². The summed E-state index contributed by atoms with van der Waals surface area (Å²) >= 11 is 0. The molecule has 0 saturated carbocycles. The van der Waals surface area contributed by atoms with Crippen molar-refractivity contribution in [3.8, 4) is 0 Å². The first-order valence-corrected chi connectivity index (χ1v) is 4.86. The van der Waals surface area contributed by atoms with E-state index in [9.17, 15) is 4.79 Å². The molecule has 0 amide bonds. The number of pyridine rings is 1. The van der Waals surface area contributed by atoms with Gasteiger partial charge in [0.2, 0.25) is 0 Å². The molecule has 3 heteroatoms. The molecule has 2 nitrogen and oxygen atoms in total. The Bertz CT molecular complexity index is 646. The van der Waals surface area contributed by atoms with E-state index in [1.54, 1.807) is 0 Å². The monoisotopic (exact) mass is 218 g/mol. The Morgan fingerprint density at radius 1 is 0.750 bits per heavy atom. The van der Waals surface area contributed by atoms with Crippen LogP contribution in [0.4, 0.5) is 0 Å². The van der Waals surface area contributed by atoms with Crippen LogP contribution in [-0.2, 0) is 0 Å². The summed E-state index contributed by atoms with van der Waals surface area (Å²) in [6, 6.07) is 15.1. The second kappa shape index (κ2) is 4.42. The largest absolute Gasteiger partial charge is 0.354 e. The second-order valence-corrected chi connectivity index (χ2v) is 3.55. The summed E-state index contributed by atoms with van der Waals surface area (Å²) < 4.78 is 0. The van der Waals surface area contributed by atoms with Crippen LogP contribution in [0.3, 0.4) is 0 Å². The summed E-state index contributed by atoms with van der Waals surface area (Å²) in [6.45, 7) is 0. The van der Waals surface area contributed by atoms with Crippen molar-refractivity contribution >= 4 is 51.4 Å². The molecule has 2 aromatic carbocycles. The van der Waals surface area contributed by atoms with Gasteiger partial charge in [-0.15, -0.1) is 0 Å². The van der Waals surface area contributed by atoms with Gasteiger partial charge in [-0.1, -0.05) is 24.3 Å². The summed E-state index contributed by atoms with van der Waals surface area (Å²) in [5.74, 6) is 0. The molecule has 1 radical (unpaired) electrons. The van der Waals surface area contributed by atoms with Crippen LogP contribution in [0.15, 0.2) is 53.3 Å². The van der Waals surface area contributed by atoms with Crippen LogP contribution in [0.2, 0.25) is 0 Å². The van der Waals surface area contributed by atoms with E-state index >= 15 is 0 Å². The van der Waals surface area contributed by atoms with Crippen LogP contribution >= 0.6 is 0 Å². The first-order chi connectivity index (χ1) is 7.36. The minimum Gasteiger partial charge on any atom is -0.354 e. The molecular formula is C13H9NNaO. The molecule has 16 heavy (non-hydrogen) atoms. The van der Waals surface area contributed by atoms with E-state index in [4.69, 9.17) is 0 Å². The quantitative estimate of drug-likeness (QED) is 0.456. The van der Waals surface area contributed by atoms with Gasteiger partial charge in [0.15, 0.2) is 5.43 Å². The number of fused-ring (bicyclic) bond motifs is 2. The van der Waals surface area contributed by atoms with Crippen LogP contribution in [0.25, 0.3) is 21.8 Å². The molecule has 0 bridgehead atoms. The third-order valence-corrected chi connectivity index (χ3v) is 2.61. The van der Waals surface area contributed by atoms with E-state index in [1.807, 2.05) is 48.5 Å². The zero-order valence-electron chi connectivity index (χ0n) is 9.03. The fourth-order valence-corrected chi connectivity index (χ4v) is 1.87. The summed E-state index contributed by atoms with van der Waals surface area (Å²) in [5, 5.41) is 1.49. The summed E-state index contributed by atoms with van der Waals surface area (Å²) in [6.07, 6.45) is 0. The van der Waals surface area contributed by atoms with E-state index in [0.29, 0.717) is 0 Å². The van der Waals surface area contributed by atoms with Gasteiger partial charge in [0, 0.05) is 51.4 Å². The minimum absolute atomic E-state index is 0. The number of hydrogen-bond acceptors (Lipinski definition) is 1. The molecule has 0 saturated heterocycles. The molecule has 1 aromatic heterocycles. The number of aromatic nitrogens is 1. The third-order valence-electron chi connectivity index (χ3n) is 2.61. The predicted octanol–water partition coefficient (Wildman–Crippen LogP) is 2.30. The van der Waals surface area contributed by atoms with Crippen molar-refractivity contribution in [2.75, 3.05) is 0 Å². The second-order valence-electron chi connectivity index (χ2n) is 3.55. The van der Waals surface area contributed by atoms with Crippen molar-refractivity contribution in [3.05, 3.63) is 58.8 Å². The average Bonchev–Trinajstić information content (AvgIpc) is 2.30. The maximum atomic E-state index is 12.1. The van der Waals surface area contributed by atoms with Gasteiger partial charge in [-0.05, 0) is 24.3 Å². The van der Waals surface area contributed by atoms with E-state index in [2.05, 4.69) is 4.98 Å². The molecule has 1 heterocycles. The molecule has 0 atom stereocenters. The molecule has 1 N–H and O–H groups in total. The fraction of sp³-hybridized carbons (Fsp3) is 0. The van der Waals surface area contributed by atoms with E-state index in [1.165, 1.54) is 0 Å². The minimum atomic E-state index is 0. The van der Waals surface area contributed by atoms with Crippen molar-refractivity contribution in [2.45, 2.75) is 0 Å². The van der Waals surface area contributed by atoms with Crippen molar-refractivity contribution in [1.29, 1.82) is 0 Å². The van der Waals surface area contributed by atoms with Gasteiger partial charge >= 0.3 is 0 Å². The van der Waals surface area contributed by atoms with Gasteiger partial charge < -0.3 is 4.98 Å². The van der Waals surface area contributed by atoms with Crippen molar-refractivity contribution in [2.24, 2.45) is 0 Å². The Morgan fingerprint density at radius 3 is 1.69 bits per heavy atom. The number of para-hydroxylation sites is 2. The van der Waals surface area contributed by atoms with Crippen molar-refractivity contribution in [1.82, 2.24) is 4.98 Å². The first-order valence-electron chi connectivity index (χ1n) is 4.86. The summed E-state index contributed by atoms with van der Waals surface area (Å²) in [4.78, 5) is 15.3. The maximum Gasteiger partial charge on any atom is 0.197 e. The number of H-pyrrole nitrogens is 1. The molecule has 0 aliphatic carbocycles. The summed E-state index contributed by atoms with van der Waals surface area (Å²) in [7, 11) is 0. The van der Waals surface area contributed by atoms with Gasteiger partial charge in [0.05, 0.1) is 0 Å². The average molecular weight is 218 g/mol. The molecule has 3 rings (SSSR count). The Morgan fingerprint density at radius 2 is 1.19 bits per heavy atom. The molecule has 0 aliphatic heterocycles. The SMILES string of the molecule is O=c1c2ccccc2[nH]c2ccccc12.[Na]. The topological polar surface area (TPSA) is 32.9 Å². The van der Waals surface area contributed by atoms with Crippen LogP contribution < -0.4 is 5.43 Å². The first kappa shape index (κ1) is 11.4. The van der Waals surface area contributed by atoms with Gasteiger partial charge in [-0.2, -0.15) is 0 Å². The smallest absolute Gasteiger partial charge is 0.197 e. The van der Waals surface area contributed by atoms with Crippen molar-refractivity contribution in [3.63, 3.8) is 0 Å². The zero-order chi connectivity index (χ0) is 10.3. The van der Waals surface area contributed by atoms with E-state index < -0.39 is 0 Å². The normalized spacial score (nSPS) is 10.2.